The molecule has 5 heteroatoms. The Morgan fingerprint density at radius 3 is 2.44 bits per heavy atom. The number of nitrogens with zero attached hydrogens (tertiary/aromatic N) is 2. The van der Waals surface area contributed by atoms with E-state index in [4.69, 9.17) is 4.74 Å². The maximum Gasteiger partial charge on any atom is 0.344 e. The van der Waals surface area contributed by atoms with Gasteiger partial charge in [0.25, 0.3) is 0 Å². The highest BCUT2D eigenvalue weighted by atomic mass is 79.9. The second-order valence-corrected chi connectivity index (χ2v) is 7.07. The van der Waals surface area contributed by atoms with Crippen LogP contribution in [0.15, 0.2) is 59.1 Å². The summed E-state index contributed by atoms with van der Waals surface area (Å²) in [6, 6.07) is 16.8. The lowest BCUT2D eigenvalue weighted by Crippen LogP contribution is -2.12. The largest absolute Gasteiger partial charge is 0.404 e. The monoisotopic (exact) mass is 398 g/mol. The number of para-hydroxylation sites is 1. The molecule has 0 aliphatic carbocycles. The highest BCUT2D eigenvalue weighted by Gasteiger charge is 2.18. The minimum absolute atomic E-state index is 0.232. The van der Waals surface area contributed by atoms with Crippen LogP contribution < -0.4 is 4.74 Å². The number of carbonyl (C=O) groups is 1. The van der Waals surface area contributed by atoms with Crippen LogP contribution in [0, 0.1) is 6.92 Å². The highest BCUT2D eigenvalue weighted by Crippen LogP contribution is 2.26. The number of rotatable bonds is 4. The fourth-order valence-corrected chi connectivity index (χ4v) is 2.71. The Hall–Kier alpha value is -2.40. The van der Waals surface area contributed by atoms with Crippen molar-refractivity contribution in [3.63, 3.8) is 0 Å². The molecule has 3 aromatic rings. The molecule has 0 N–H and O–H groups in total. The van der Waals surface area contributed by atoms with E-state index in [1.807, 2.05) is 49.4 Å². The van der Waals surface area contributed by atoms with Crippen LogP contribution in [-0.2, 0) is 0 Å². The highest BCUT2D eigenvalue weighted by molar-refractivity contribution is 9.10. The Morgan fingerprint density at radius 1 is 1.12 bits per heavy atom. The summed E-state index contributed by atoms with van der Waals surface area (Å²) in [5.41, 5.74) is 3.32. The van der Waals surface area contributed by atoms with Crippen molar-refractivity contribution in [1.82, 2.24) is 9.78 Å². The lowest BCUT2D eigenvalue weighted by Gasteiger charge is -2.10. The second kappa shape index (κ2) is 7.23. The summed E-state index contributed by atoms with van der Waals surface area (Å²) >= 11 is 3.36. The molecule has 0 aliphatic heterocycles. The molecule has 0 spiro atoms. The zero-order valence-electron chi connectivity index (χ0n) is 14.4. The van der Waals surface area contributed by atoms with Crippen molar-refractivity contribution in [3.05, 3.63) is 75.9 Å². The van der Waals surface area contributed by atoms with E-state index in [9.17, 15) is 4.79 Å². The summed E-state index contributed by atoms with van der Waals surface area (Å²) in [5.74, 6) is 0.249. The lowest BCUT2D eigenvalue weighted by atomic mass is 10.1. The second-order valence-electron chi connectivity index (χ2n) is 6.16. The minimum Gasteiger partial charge on any atom is -0.404 e. The van der Waals surface area contributed by atoms with E-state index in [0.717, 1.165) is 21.4 Å². The quantitative estimate of drug-likeness (QED) is 0.561. The molecule has 1 heterocycles. The standard InChI is InChI=1S/C20H19BrN2O2/c1-13(2)17-12-19(23(22-17)18-7-5-4-6-14(18)3)25-20(24)15-8-10-16(21)11-9-15/h4-13H,1-3H3. The van der Waals surface area contributed by atoms with Crippen molar-refractivity contribution in [3.8, 4) is 11.6 Å². The zero-order valence-corrected chi connectivity index (χ0v) is 15.9. The smallest absolute Gasteiger partial charge is 0.344 e. The summed E-state index contributed by atoms with van der Waals surface area (Å²) in [7, 11) is 0. The van der Waals surface area contributed by atoms with Crippen LogP contribution in [0.3, 0.4) is 0 Å². The topological polar surface area (TPSA) is 44.1 Å². The van der Waals surface area contributed by atoms with Gasteiger partial charge in [-0.25, -0.2) is 9.48 Å². The molecule has 0 amide bonds. The lowest BCUT2D eigenvalue weighted by molar-refractivity contribution is 0.0723. The molecule has 0 saturated carbocycles. The third kappa shape index (κ3) is 3.82. The minimum atomic E-state index is -0.405. The predicted octanol–water partition coefficient (Wildman–Crippen LogP) is 5.29. The van der Waals surface area contributed by atoms with Crippen molar-refractivity contribution in [2.24, 2.45) is 0 Å². The molecular formula is C20H19BrN2O2. The Bertz CT molecular complexity index is 898. The summed E-state index contributed by atoms with van der Waals surface area (Å²) in [6.45, 7) is 6.13. The number of benzene rings is 2. The fraction of sp³-hybridized carbons (Fsp3) is 0.200. The van der Waals surface area contributed by atoms with E-state index in [-0.39, 0.29) is 5.92 Å². The molecule has 25 heavy (non-hydrogen) atoms. The maximum absolute atomic E-state index is 12.5. The first-order valence-corrected chi connectivity index (χ1v) is 8.88. The fourth-order valence-electron chi connectivity index (χ4n) is 2.45. The average Bonchev–Trinajstić information content (AvgIpc) is 3.00. The number of hydrogen-bond acceptors (Lipinski definition) is 3. The molecule has 0 unspecified atom stereocenters. The summed E-state index contributed by atoms with van der Waals surface area (Å²) in [5, 5.41) is 4.63. The molecule has 2 aromatic carbocycles. The first-order chi connectivity index (χ1) is 12.0. The van der Waals surface area contributed by atoms with Crippen LogP contribution in [0.4, 0.5) is 0 Å². The molecule has 0 atom stereocenters. The van der Waals surface area contributed by atoms with Gasteiger partial charge >= 0.3 is 5.97 Å². The molecule has 128 valence electrons. The molecule has 0 fully saturated rings. The number of halogens is 1. The average molecular weight is 399 g/mol. The van der Waals surface area contributed by atoms with Crippen molar-refractivity contribution in [1.29, 1.82) is 0 Å². The van der Waals surface area contributed by atoms with E-state index in [1.54, 1.807) is 16.8 Å². The first kappa shape index (κ1) is 17.4. The summed E-state index contributed by atoms with van der Waals surface area (Å²) in [4.78, 5) is 12.5. The van der Waals surface area contributed by atoms with E-state index in [1.165, 1.54) is 0 Å². The molecule has 0 aliphatic rings. The zero-order chi connectivity index (χ0) is 18.0. The molecule has 3 rings (SSSR count). The molecule has 0 saturated heterocycles. The van der Waals surface area contributed by atoms with E-state index >= 15 is 0 Å². The molecular weight excluding hydrogens is 380 g/mol. The third-order valence-corrected chi connectivity index (χ3v) is 4.44. The Kier molecular flexibility index (Phi) is 5.04. The van der Waals surface area contributed by atoms with Crippen LogP contribution in [0.25, 0.3) is 5.69 Å². The molecule has 4 nitrogen and oxygen atoms in total. The van der Waals surface area contributed by atoms with Crippen LogP contribution >= 0.6 is 15.9 Å². The van der Waals surface area contributed by atoms with Gasteiger partial charge in [-0.15, -0.1) is 0 Å². The number of hydrogen-bond donors (Lipinski definition) is 0. The van der Waals surface area contributed by atoms with Gasteiger partial charge in [0.1, 0.15) is 0 Å². The van der Waals surface area contributed by atoms with Gasteiger partial charge in [0.2, 0.25) is 5.88 Å². The van der Waals surface area contributed by atoms with E-state index in [0.29, 0.717) is 11.4 Å². The Balaban J connectivity index is 1.99. The van der Waals surface area contributed by atoms with Gasteiger partial charge in [-0.3, -0.25) is 0 Å². The summed E-state index contributed by atoms with van der Waals surface area (Å²) in [6.07, 6.45) is 0. The number of carbonyl (C=O) groups excluding carboxylic acids is 1. The van der Waals surface area contributed by atoms with Crippen molar-refractivity contribution in [2.75, 3.05) is 0 Å². The normalized spacial score (nSPS) is 10.9. The number of aromatic nitrogens is 2. The number of aryl methyl sites for hydroxylation is 1. The number of esters is 1. The van der Waals surface area contributed by atoms with E-state index < -0.39 is 5.97 Å². The molecule has 0 bridgehead atoms. The van der Waals surface area contributed by atoms with Crippen molar-refractivity contribution in [2.45, 2.75) is 26.7 Å². The van der Waals surface area contributed by atoms with Crippen LogP contribution in [0.2, 0.25) is 0 Å². The maximum atomic E-state index is 12.5. The predicted molar refractivity (Wildman–Crippen MR) is 101 cm³/mol. The van der Waals surface area contributed by atoms with E-state index in [2.05, 4.69) is 34.9 Å². The summed E-state index contributed by atoms with van der Waals surface area (Å²) < 4.78 is 8.27. The Morgan fingerprint density at radius 2 is 1.80 bits per heavy atom. The first-order valence-electron chi connectivity index (χ1n) is 8.09. The van der Waals surface area contributed by atoms with Gasteiger partial charge in [-0.2, -0.15) is 5.10 Å². The van der Waals surface area contributed by atoms with Gasteiger partial charge < -0.3 is 4.74 Å². The molecule has 1 aromatic heterocycles. The third-order valence-electron chi connectivity index (χ3n) is 3.91. The van der Waals surface area contributed by atoms with Gasteiger partial charge in [0, 0.05) is 10.5 Å². The van der Waals surface area contributed by atoms with Crippen molar-refractivity contribution < 1.29 is 9.53 Å². The van der Waals surface area contributed by atoms with Crippen molar-refractivity contribution >= 4 is 21.9 Å². The van der Waals surface area contributed by atoms with Gasteiger partial charge in [-0.05, 0) is 48.7 Å². The Labute approximate surface area is 155 Å². The van der Waals surface area contributed by atoms with Gasteiger partial charge in [-0.1, -0.05) is 48.0 Å². The molecule has 0 radical (unpaired) electrons. The SMILES string of the molecule is Cc1ccccc1-n1nc(C(C)C)cc1OC(=O)c1ccc(Br)cc1. The van der Waals surface area contributed by atoms with Gasteiger partial charge in [0.15, 0.2) is 0 Å². The van der Waals surface area contributed by atoms with Crippen LogP contribution in [-0.4, -0.2) is 15.7 Å². The number of ether oxygens (including phenoxy) is 1. The van der Waals surface area contributed by atoms with Gasteiger partial charge in [0.05, 0.1) is 16.9 Å². The van der Waals surface area contributed by atoms with Crippen LogP contribution in [0.1, 0.15) is 41.4 Å². The van der Waals surface area contributed by atoms with Crippen LogP contribution in [0.5, 0.6) is 5.88 Å².